The second-order valence-corrected chi connectivity index (χ2v) is 6.95. The summed E-state index contributed by atoms with van der Waals surface area (Å²) < 4.78 is 0. The van der Waals surface area contributed by atoms with Crippen molar-refractivity contribution in [2.45, 2.75) is 12.8 Å². The first kappa shape index (κ1) is 15.2. The molecule has 2 amide bonds. The Balaban J connectivity index is 1.80. The van der Waals surface area contributed by atoms with Gasteiger partial charge in [-0.3, -0.25) is 9.59 Å². The Morgan fingerprint density at radius 2 is 1.75 bits per heavy atom. The highest BCUT2D eigenvalue weighted by molar-refractivity contribution is 6.31. The molecule has 0 N–H and O–H groups in total. The Bertz CT molecular complexity index is 847. The smallest absolute Gasteiger partial charge is 0.242 e. The van der Waals surface area contributed by atoms with Gasteiger partial charge in [0.05, 0.1) is 17.5 Å². The molecule has 0 spiro atoms. The fraction of sp³-hybridized carbons (Fsp3) is 0.263. The zero-order valence-electron chi connectivity index (χ0n) is 13.5. The van der Waals surface area contributed by atoms with Gasteiger partial charge in [-0.2, -0.15) is 0 Å². The van der Waals surface area contributed by atoms with Crippen LogP contribution in [0.3, 0.4) is 0 Å². The summed E-state index contributed by atoms with van der Waals surface area (Å²) in [6, 6.07) is 12.9. The van der Waals surface area contributed by atoms with E-state index in [2.05, 4.69) is 11.0 Å². The average molecular weight is 341 g/mol. The molecular formula is C19H17ClN2O2. The SMILES string of the molecule is Cc1ccc2c(c1)N(C)CC1C(=O)N(c3ccc(Cl)cc3)C(=O)C21. The van der Waals surface area contributed by atoms with E-state index in [0.29, 0.717) is 17.3 Å². The van der Waals surface area contributed by atoms with Crippen molar-refractivity contribution in [1.82, 2.24) is 0 Å². The summed E-state index contributed by atoms with van der Waals surface area (Å²) in [7, 11) is 1.97. The molecule has 4 rings (SSSR count). The zero-order chi connectivity index (χ0) is 17.0. The molecule has 0 aliphatic carbocycles. The van der Waals surface area contributed by atoms with Crippen LogP contribution in [0.25, 0.3) is 0 Å². The van der Waals surface area contributed by atoms with Crippen molar-refractivity contribution >= 4 is 34.8 Å². The monoisotopic (exact) mass is 340 g/mol. The van der Waals surface area contributed by atoms with Crippen LogP contribution < -0.4 is 9.80 Å². The van der Waals surface area contributed by atoms with Crippen LogP contribution in [0.1, 0.15) is 17.0 Å². The molecule has 2 atom stereocenters. The average Bonchev–Trinajstić information content (AvgIpc) is 2.80. The minimum atomic E-state index is -0.403. The Hall–Kier alpha value is -2.33. The van der Waals surface area contributed by atoms with Crippen LogP contribution in [0.5, 0.6) is 0 Å². The number of halogens is 1. The van der Waals surface area contributed by atoms with Crippen LogP contribution >= 0.6 is 11.6 Å². The molecule has 4 nitrogen and oxygen atoms in total. The first-order valence-electron chi connectivity index (χ1n) is 7.92. The molecule has 122 valence electrons. The number of imide groups is 1. The van der Waals surface area contributed by atoms with Gasteiger partial charge in [0.25, 0.3) is 0 Å². The molecular weight excluding hydrogens is 324 g/mol. The molecule has 2 aromatic carbocycles. The van der Waals surface area contributed by atoms with Crippen molar-refractivity contribution in [3.8, 4) is 0 Å². The van der Waals surface area contributed by atoms with Gasteiger partial charge in [-0.1, -0.05) is 23.7 Å². The highest BCUT2D eigenvalue weighted by atomic mass is 35.5. The number of amides is 2. The molecule has 1 saturated heterocycles. The predicted molar refractivity (Wildman–Crippen MR) is 94.6 cm³/mol. The van der Waals surface area contributed by atoms with Crippen molar-refractivity contribution in [3.05, 3.63) is 58.6 Å². The standard InChI is InChI=1S/C19H17ClN2O2/c1-11-3-8-14-16(9-11)21(2)10-15-17(14)19(24)22(18(15)23)13-6-4-12(20)5-7-13/h3-9,15,17H,10H2,1-2H3. The zero-order valence-corrected chi connectivity index (χ0v) is 14.2. The summed E-state index contributed by atoms with van der Waals surface area (Å²) in [6.07, 6.45) is 0. The molecule has 2 aliphatic heterocycles. The van der Waals surface area contributed by atoms with Crippen molar-refractivity contribution in [2.75, 3.05) is 23.4 Å². The second kappa shape index (κ2) is 5.35. The molecule has 2 aliphatic rings. The summed E-state index contributed by atoms with van der Waals surface area (Å²) in [6.45, 7) is 2.58. The first-order valence-corrected chi connectivity index (χ1v) is 8.30. The number of hydrogen-bond acceptors (Lipinski definition) is 3. The van der Waals surface area contributed by atoms with E-state index in [0.717, 1.165) is 16.8 Å². The molecule has 1 fully saturated rings. The van der Waals surface area contributed by atoms with E-state index in [-0.39, 0.29) is 17.7 Å². The van der Waals surface area contributed by atoms with Crippen molar-refractivity contribution in [2.24, 2.45) is 5.92 Å². The maximum atomic E-state index is 13.0. The molecule has 0 bridgehead atoms. The Kier molecular flexibility index (Phi) is 3.39. The molecule has 2 unspecified atom stereocenters. The van der Waals surface area contributed by atoms with E-state index in [1.54, 1.807) is 24.3 Å². The predicted octanol–water partition coefficient (Wildman–Crippen LogP) is 3.37. The van der Waals surface area contributed by atoms with Crippen molar-refractivity contribution < 1.29 is 9.59 Å². The highest BCUT2D eigenvalue weighted by Crippen LogP contribution is 2.45. The van der Waals surface area contributed by atoms with Gasteiger partial charge < -0.3 is 4.90 Å². The largest absolute Gasteiger partial charge is 0.374 e. The second-order valence-electron chi connectivity index (χ2n) is 6.52. The van der Waals surface area contributed by atoms with E-state index in [4.69, 9.17) is 11.6 Å². The molecule has 24 heavy (non-hydrogen) atoms. The van der Waals surface area contributed by atoms with Gasteiger partial charge >= 0.3 is 0 Å². The van der Waals surface area contributed by atoms with Gasteiger partial charge in [0.1, 0.15) is 0 Å². The number of fused-ring (bicyclic) bond motifs is 3. The highest BCUT2D eigenvalue weighted by Gasteiger charge is 2.52. The Morgan fingerprint density at radius 1 is 1.04 bits per heavy atom. The van der Waals surface area contributed by atoms with Crippen LogP contribution in [0, 0.1) is 12.8 Å². The van der Waals surface area contributed by atoms with E-state index in [1.165, 1.54) is 4.90 Å². The van der Waals surface area contributed by atoms with E-state index < -0.39 is 5.92 Å². The van der Waals surface area contributed by atoms with Gasteiger partial charge in [0.15, 0.2) is 0 Å². The molecule has 2 aromatic rings. The number of nitrogens with zero attached hydrogens (tertiary/aromatic N) is 2. The third-order valence-electron chi connectivity index (χ3n) is 4.91. The number of rotatable bonds is 1. The molecule has 0 saturated carbocycles. The topological polar surface area (TPSA) is 40.6 Å². The number of carbonyl (C=O) groups is 2. The minimum Gasteiger partial charge on any atom is -0.374 e. The third kappa shape index (κ3) is 2.13. The van der Waals surface area contributed by atoms with E-state index in [9.17, 15) is 9.59 Å². The number of anilines is 2. The fourth-order valence-corrected chi connectivity index (χ4v) is 3.87. The van der Waals surface area contributed by atoms with Gasteiger partial charge in [-0.15, -0.1) is 0 Å². The summed E-state index contributed by atoms with van der Waals surface area (Å²) in [5, 5.41) is 0.579. The first-order chi connectivity index (χ1) is 11.5. The number of benzene rings is 2. The van der Waals surface area contributed by atoms with Gasteiger partial charge in [0.2, 0.25) is 11.8 Å². The molecule has 5 heteroatoms. The molecule has 0 aromatic heterocycles. The summed E-state index contributed by atoms with van der Waals surface area (Å²) in [5.74, 6) is -1.02. The van der Waals surface area contributed by atoms with Crippen LogP contribution in [0.2, 0.25) is 5.02 Å². The number of hydrogen-bond donors (Lipinski definition) is 0. The number of carbonyl (C=O) groups excluding carboxylic acids is 2. The lowest BCUT2D eigenvalue weighted by atomic mass is 9.83. The van der Waals surface area contributed by atoms with Crippen LogP contribution in [0.15, 0.2) is 42.5 Å². The summed E-state index contributed by atoms with van der Waals surface area (Å²) >= 11 is 5.92. The molecule has 2 heterocycles. The van der Waals surface area contributed by atoms with E-state index in [1.807, 2.05) is 26.1 Å². The van der Waals surface area contributed by atoms with Crippen LogP contribution in [0.4, 0.5) is 11.4 Å². The fourth-order valence-electron chi connectivity index (χ4n) is 3.75. The summed E-state index contributed by atoms with van der Waals surface area (Å²) in [5.41, 5.74) is 3.70. The lowest BCUT2D eigenvalue weighted by Crippen LogP contribution is -2.37. The third-order valence-corrected chi connectivity index (χ3v) is 5.17. The van der Waals surface area contributed by atoms with Gasteiger partial charge in [0, 0.05) is 24.3 Å². The van der Waals surface area contributed by atoms with Gasteiger partial charge in [-0.05, 0) is 48.4 Å². The van der Waals surface area contributed by atoms with Crippen molar-refractivity contribution in [3.63, 3.8) is 0 Å². The maximum absolute atomic E-state index is 13.0. The minimum absolute atomic E-state index is 0.134. The van der Waals surface area contributed by atoms with E-state index >= 15 is 0 Å². The quantitative estimate of drug-likeness (QED) is 0.747. The maximum Gasteiger partial charge on any atom is 0.242 e. The number of aryl methyl sites for hydroxylation is 1. The Labute approximate surface area is 145 Å². The molecule has 0 radical (unpaired) electrons. The lowest BCUT2D eigenvalue weighted by molar-refractivity contribution is -0.122. The van der Waals surface area contributed by atoms with Crippen LogP contribution in [-0.2, 0) is 9.59 Å². The van der Waals surface area contributed by atoms with Crippen molar-refractivity contribution in [1.29, 1.82) is 0 Å². The van der Waals surface area contributed by atoms with Crippen LogP contribution in [-0.4, -0.2) is 25.4 Å². The normalized spacial score (nSPS) is 22.6. The summed E-state index contributed by atoms with van der Waals surface area (Å²) in [4.78, 5) is 29.3. The van der Waals surface area contributed by atoms with Gasteiger partial charge in [-0.25, -0.2) is 4.90 Å². The Morgan fingerprint density at radius 3 is 2.46 bits per heavy atom. The lowest BCUT2D eigenvalue weighted by Gasteiger charge is -2.33.